The molecule has 10 nitrogen and oxygen atoms in total. The third-order valence-electron chi connectivity index (χ3n) is 3.90. The summed E-state index contributed by atoms with van der Waals surface area (Å²) in [5.74, 6) is -0.342. The Morgan fingerprint density at radius 1 is 1.24 bits per heavy atom. The lowest BCUT2D eigenvalue weighted by Crippen LogP contribution is -2.57. The largest absolute Gasteiger partial charge is 0.381 e. The van der Waals surface area contributed by atoms with Crippen LogP contribution in [-0.2, 0) is 19.6 Å². The molecule has 0 unspecified atom stereocenters. The zero-order valence-electron chi connectivity index (χ0n) is 13.4. The topological polar surface area (TPSA) is 154 Å². The van der Waals surface area contributed by atoms with Gasteiger partial charge in [-0.1, -0.05) is 0 Å². The third-order valence-corrected chi connectivity index (χ3v) is 5.37. The van der Waals surface area contributed by atoms with Crippen molar-refractivity contribution in [2.24, 2.45) is 5.73 Å². The predicted molar refractivity (Wildman–Crippen MR) is 88.3 cm³/mol. The Morgan fingerprint density at radius 3 is 2.40 bits per heavy atom. The lowest BCUT2D eigenvalue weighted by Gasteiger charge is -2.31. The molecule has 0 aromatic heterocycles. The molecule has 2 rings (SSSR count). The first-order chi connectivity index (χ1) is 11.7. The minimum atomic E-state index is -3.82. The fourth-order valence-corrected chi connectivity index (χ4v) is 3.36. The second-order valence-electron chi connectivity index (χ2n) is 5.67. The summed E-state index contributed by atoms with van der Waals surface area (Å²) in [4.78, 5) is 22.0. The van der Waals surface area contributed by atoms with Gasteiger partial charge in [-0.3, -0.25) is 14.9 Å². The summed E-state index contributed by atoms with van der Waals surface area (Å²) in [6.45, 7) is 0.871. The first kappa shape index (κ1) is 19.2. The first-order valence-corrected chi connectivity index (χ1v) is 9.12. The molecule has 0 radical (unpaired) electrons. The van der Waals surface area contributed by atoms with Gasteiger partial charge in [0, 0.05) is 38.4 Å². The maximum absolute atomic E-state index is 12.1. The van der Waals surface area contributed by atoms with Crippen molar-refractivity contribution in [2.45, 2.75) is 23.3 Å². The number of nitrogens with two attached hydrogens (primary N) is 1. The highest BCUT2D eigenvalue weighted by molar-refractivity contribution is 7.89. The van der Waals surface area contributed by atoms with Crippen LogP contribution in [0.4, 0.5) is 5.69 Å². The Balaban J connectivity index is 1.83. The molecule has 0 spiro atoms. The van der Waals surface area contributed by atoms with E-state index in [2.05, 4.69) is 10.0 Å². The van der Waals surface area contributed by atoms with Crippen molar-refractivity contribution >= 4 is 21.6 Å². The number of nitro benzene ring substituents is 1. The van der Waals surface area contributed by atoms with Crippen LogP contribution in [-0.4, -0.2) is 51.1 Å². The van der Waals surface area contributed by atoms with E-state index in [4.69, 9.17) is 10.5 Å². The van der Waals surface area contributed by atoms with E-state index in [1.54, 1.807) is 0 Å². The smallest absolute Gasteiger partial charge is 0.269 e. The SMILES string of the molecule is NC1(C(=O)NCCNS(=O)(=O)c2ccc([N+](=O)[O-])cc2)CCOCC1. The molecular formula is C14H20N4O6S. The number of nitrogens with zero attached hydrogens (tertiary/aromatic N) is 1. The van der Waals surface area contributed by atoms with Crippen molar-refractivity contribution in [3.63, 3.8) is 0 Å². The van der Waals surface area contributed by atoms with E-state index in [1.165, 1.54) is 0 Å². The lowest BCUT2D eigenvalue weighted by atomic mass is 9.90. The van der Waals surface area contributed by atoms with Crippen LogP contribution in [0.5, 0.6) is 0 Å². The number of nitrogens with one attached hydrogen (secondary N) is 2. The molecule has 1 aliphatic rings. The summed E-state index contributed by atoms with van der Waals surface area (Å²) in [5, 5.41) is 13.2. The molecule has 1 aromatic rings. The predicted octanol–water partition coefficient (Wildman–Crippen LogP) is -0.503. The lowest BCUT2D eigenvalue weighted by molar-refractivity contribution is -0.384. The van der Waals surface area contributed by atoms with E-state index >= 15 is 0 Å². The quantitative estimate of drug-likeness (QED) is 0.331. The summed E-state index contributed by atoms with van der Waals surface area (Å²) in [6.07, 6.45) is 0.820. The molecule has 0 bridgehead atoms. The van der Waals surface area contributed by atoms with Gasteiger partial charge in [-0.25, -0.2) is 13.1 Å². The number of amides is 1. The van der Waals surface area contributed by atoms with E-state index in [1.807, 2.05) is 0 Å². The van der Waals surface area contributed by atoms with Gasteiger partial charge >= 0.3 is 0 Å². The number of rotatable bonds is 7. The van der Waals surface area contributed by atoms with Gasteiger partial charge in [-0.15, -0.1) is 0 Å². The second kappa shape index (κ2) is 7.87. The molecule has 25 heavy (non-hydrogen) atoms. The average molecular weight is 372 g/mol. The van der Waals surface area contributed by atoms with Crippen molar-refractivity contribution in [3.8, 4) is 0 Å². The maximum atomic E-state index is 12.1. The molecule has 138 valence electrons. The van der Waals surface area contributed by atoms with Crippen LogP contribution in [0.1, 0.15) is 12.8 Å². The van der Waals surface area contributed by atoms with Crippen molar-refractivity contribution < 1.29 is 22.9 Å². The van der Waals surface area contributed by atoms with E-state index in [9.17, 15) is 23.3 Å². The molecule has 0 saturated carbocycles. The van der Waals surface area contributed by atoms with Gasteiger partial charge in [0.2, 0.25) is 15.9 Å². The van der Waals surface area contributed by atoms with Crippen molar-refractivity contribution in [1.29, 1.82) is 0 Å². The minimum Gasteiger partial charge on any atom is -0.381 e. The fourth-order valence-electron chi connectivity index (χ4n) is 2.33. The molecule has 1 amide bonds. The Bertz CT molecular complexity index is 728. The second-order valence-corrected chi connectivity index (χ2v) is 7.44. The zero-order valence-corrected chi connectivity index (χ0v) is 14.3. The Kier molecular flexibility index (Phi) is 6.06. The number of carbonyl (C=O) groups is 1. The van der Waals surface area contributed by atoms with Crippen molar-refractivity contribution in [1.82, 2.24) is 10.0 Å². The molecule has 11 heteroatoms. The summed E-state index contributed by atoms with van der Waals surface area (Å²) in [7, 11) is -3.82. The summed E-state index contributed by atoms with van der Waals surface area (Å²) < 4.78 is 31.7. The van der Waals surface area contributed by atoms with Gasteiger partial charge in [-0.2, -0.15) is 0 Å². The van der Waals surface area contributed by atoms with Crippen molar-refractivity contribution in [3.05, 3.63) is 34.4 Å². The minimum absolute atomic E-state index is 0.0301. The van der Waals surface area contributed by atoms with Crippen LogP contribution in [0.15, 0.2) is 29.2 Å². The molecule has 1 aliphatic heterocycles. The van der Waals surface area contributed by atoms with E-state index < -0.39 is 20.5 Å². The highest BCUT2D eigenvalue weighted by Gasteiger charge is 2.35. The molecular weight excluding hydrogens is 352 g/mol. The third kappa shape index (κ3) is 4.95. The number of ether oxygens (including phenoxy) is 1. The van der Waals surface area contributed by atoms with Crippen LogP contribution in [0.25, 0.3) is 0 Å². The Labute approximate surface area is 144 Å². The number of carbonyl (C=O) groups excluding carboxylic acids is 1. The maximum Gasteiger partial charge on any atom is 0.269 e. The van der Waals surface area contributed by atoms with E-state index in [-0.39, 0.29) is 29.6 Å². The highest BCUT2D eigenvalue weighted by Crippen LogP contribution is 2.17. The van der Waals surface area contributed by atoms with Gasteiger partial charge in [-0.05, 0) is 25.0 Å². The average Bonchev–Trinajstić information content (AvgIpc) is 2.59. The van der Waals surface area contributed by atoms with Crippen LogP contribution >= 0.6 is 0 Å². The van der Waals surface area contributed by atoms with Gasteiger partial charge in [0.05, 0.1) is 15.4 Å². The number of benzene rings is 1. The molecule has 0 atom stereocenters. The summed E-state index contributed by atoms with van der Waals surface area (Å²) >= 11 is 0. The molecule has 1 heterocycles. The highest BCUT2D eigenvalue weighted by atomic mass is 32.2. The van der Waals surface area contributed by atoms with Gasteiger partial charge in [0.1, 0.15) is 0 Å². The number of non-ortho nitro benzene ring substituents is 1. The van der Waals surface area contributed by atoms with Crippen LogP contribution in [0, 0.1) is 10.1 Å². The number of hydrogen-bond donors (Lipinski definition) is 3. The normalized spacial score (nSPS) is 17.0. The molecule has 1 fully saturated rings. The van der Waals surface area contributed by atoms with Crippen LogP contribution in [0.3, 0.4) is 0 Å². The number of sulfonamides is 1. The summed E-state index contributed by atoms with van der Waals surface area (Å²) in [6, 6.07) is 4.52. The van der Waals surface area contributed by atoms with Gasteiger partial charge < -0.3 is 15.8 Å². The van der Waals surface area contributed by atoms with Crippen LogP contribution < -0.4 is 15.8 Å². The van der Waals surface area contributed by atoms with Gasteiger partial charge in [0.25, 0.3) is 5.69 Å². The Morgan fingerprint density at radius 2 is 1.84 bits per heavy atom. The summed E-state index contributed by atoms with van der Waals surface area (Å²) in [5.41, 5.74) is 4.83. The van der Waals surface area contributed by atoms with Crippen molar-refractivity contribution in [2.75, 3.05) is 26.3 Å². The zero-order chi connectivity index (χ0) is 18.5. The molecule has 0 aliphatic carbocycles. The molecule has 1 saturated heterocycles. The van der Waals surface area contributed by atoms with Crippen LogP contribution in [0.2, 0.25) is 0 Å². The van der Waals surface area contributed by atoms with E-state index in [0.717, 1.165) is 24.3 Å². The number of nitro groups is 1. The monoisotopic (exact) mass is 372 g/mol. The van der Waals surface area contributed by atoms with Gasteiger partial charge in [0.15, 0.2) is 0 Å². The fraction of sp³-hybridized carbons (Fsp3) is 0.500. The molecule has 4 N–H and O–H groups in total. The molecule has 1 aromatic carbocycles. The standard InChI is InChI=1S/C14H20N4O6S/c15-14(5-9-24-10-6-14)13(19)16-7-8-17-25(22,23)12-3-1-11(2-4-12)18(20)21/h1-4,17H,5-10,15H2,(H,16,19). The Hall–Kier alpha value is -2.08. The first-order valence-electron chi connectivity index (χ1n) is 7.64. The number of hydrogen-bond acceptors (Lipinski definition) is 7. The van der Waals surface area contributed by atoms with E-state index in [0.29, 0.717) is 26.1 Å².